The van der Waals surface area contributed by atoms with Crippen LogP contribution in [0.3, 0.4) is 0 Å². The zero-order chi connectivity index (χ0) is 17.5. The van der Waals surface area contributed by atoms with Crippen LogP contribution in [0.4, 0.5) is 17.6 Å². The summed E-state index contributed by atoms with van der Waals surface area (Å²) in [5.74, 6) is -8.93. The third kappa shape index (κ3) is 2.05. The lowest BCUT2D eigenvalue weighted by Crippen LogP contribution is -2.55. The highest BCUT2D eigenvalue weighted by molar-refractivity contribution is 7.86. The summed E-state index contributed by atoms with van der Waals surface area (Å²) in [5.41, 5.74) is 0. The van der Waals surface area contributed by atoms with Crippen LogP contribution in [0.2, 0.25) is 0 Å². The quantitative estimate of drug-likeness (QED) is 0.561. The predicted octanol–water partition coefficient (Wildman–Crippen LogP) is 2.47. The molecule has 1 aliphatic heterocycles. The number of hydrogen-bond acceptors (Lipinski definition) is 5. The first-order chi connectivity index (χ1) is 11.0. The zero-order valence-electron chi connectivity index (χ0n) is 12.6. The van der Waals surface area contributed by atoms with Crippen molar-refractivity contribution >= 4 is 10.1 Å². The third-order valence-corrected chi connectivity index (χ3v) is 6.99. The molecule has 1 saturated heterocycles. The van der Waals surface area contributed by atoms with Crippen molar-refractivity contribution < 1.29 is 40.0 Å². The molecule has 24 heavy (non-hydrogen) atoms. The number of fused-ring (bicyclic) bond motifs is 5. The molecular weight excluding hydrogens is 356 g/mol. The van der Waals surface area contributed by atoms with Crippen molar-refractivity contribution in [1.82, 2.24) is 0 Å². The van der Waals surface area contributed by atoms with Gasteiger partial charge in [0.25, 0.3) is 0 Å². The molecule has 4 aliphatic rings. The van der Waals surface area contributed by atoms with E-state index in [1.807, 2.05) is 0 Å². The summed E-state index contributed by atoms with van der Waals surface area (Å²) in [6.45, 7) is 0. The lowest BCUT2D eigenvalue weighted by Gasteiger charge is -2.38. The summed E-state index contributed by atoms with van der Waals surface area (Å²) in [7, 11) is -6.46. The largest absolute Gasteiger partial charge is 0.743 e. The van der Waals surface area contributed by atoms with Gasteiger partial charge in [0.2, 0.25) is 0 Å². The van der Waals surface area contributed by atoms with E-state index < -0.39 is 51.1 Å². The predicted molar refractivity (Wildman–Crippen MR) is 70.2 cm³/mol. The van der Waals surface area contributed by atoms with Crippen LogP contribution in [0.5, 0.6) is 0 Å². The standard InChI is InChI=1S/C14H18F4O5S/c15-13(16,14(17,18)24(19,20)21)9-6-7-5-8(9)11-10(7)22-12(23-11)3-1-2-4-12/h7-11H,1-6H2,(H,19,20,21)/p-1. The van der Waals surface area contributed by atoms with Gasteiger partial charge in [0.1, 0.15) is 0 Å². The summed E-state index contributed by atoms with van der Waals surface area (Å²) in [4.78, 5) is 0. The number of ether oxygens (including phenoxy) is 2. The van der Waals surface area contributed by atoms with E-state index in [1.165, 1.54) is 0 Å². The van der Waals surface area contributed by atoms with Crippen LogP contribution in [0, 0.1) is 17.8 Å². The average Bonchev–Trinajstić information content (AvgIpc) is 3.20. The van der Waals surface area contributed by atoms with Gasteiger partial charge < -0.3 is 14.0 Å². The van der Waals surface area contributed by atoms with Gasteiger partial charge in [-0.15, -0.1) is 0 Å². The van der Waals surface area contributed by atoms with E-state index in [1.54, 1.807) is 0 Å². The van der Waals surface area contributed by atoms with Gasteiger partial charge in [-0.1, -0.05) is 0 Å². The van der Waals surface area contributed by atoms with Gasteiger partial charge in [0.05, 0.1) is 12.2 Å². The van der Waals surface area contributed by atoms with Crippen LogP contribution in [0.25, 0.3) is 0 Å². The molecule has 0 N–H and O–H groups in total. The van der Waals surface area contributed by atoms with Crippen molar-refractivity contribution in [3.63, 3.8) is 0 Å². The van der Waals surface area contributed by atoms with Crippen molar-refractivity contribution in [2.24, 2.45) is 17.8 Å². The lowest BCUT2D eigenvalue weighted by molar-refractivity contribution is -0.214. The Labute approximate surface area is 136 Å². The molecule has 0 amide bonds. The molecule has 138 valence electrons. The van der Waals surface area contributed by atoms with Crippen molar-refractivity contribution in [3.05, 3.63) is 0 Å². The molecule has 10 heteroatoms. The molecule has 0 aromatic rings. The fourth-order valence-corrected chi connectivity index (χ4v) is 5.53. The number of alkyl halides is 4. The molecule has 0 aromatic heterocycles. The highest BCUT2D eigenvalue weighted by atomic mass is 32.2. The maximum Gasteiger partial charge on any atom is 0.396 e. The molecule has 0 radical (unpaired) electrons. The molecule has 1 spiro atoms. The van der Waals surface area contributed by atoms with E-state index in [-0.39, 0.29) is 18.8 Å². The molecule has 4 rings (SSSR count). The van der Waals surface area contributed by atoms with Gasteiger partial charge in [-0.3, -0.25) is 0 Å². The van der Waals surface area contributed by atoms with Gasteiger partial charge in [0, 0.05) is 18.8 Å². The molecule has 5 atom stereocenters. The van der Waals surface area contributed by atoms with Crippen molar-refractivity contribution in [2.75, 3.05) is 0 Å². The fourth-order valence-electron chi connectivity index (χ4n) is 5.04. The monoisotopic (exact) mass is 373 g/mol. The topological polar surface area (TPSA) is 75.7 Å². The Morgan fingerprint density at radius 2 is 1.58 bits per heavy atom. The lowest BCUT2D eigenvalue weighted by atomic mass is 9.81. The summed E-state index contributed by atoms with van der Waals surface area (Å²) >= 11 is 0. The van der Waals surface area contributed by atoms with Crippen LogP contribution >= 0.6 is 0 Å². The maximum absolute atomic E-state index is 14.3. The van der Waals surface area contributed by atoms with E-state index in [0.717, 1.165) is 12.8 Å². The second-order valence-corrected chi connectivity index (χ2v) is 8.80. The van der Waals surface area contributed by atoms with Gasteiger partial charge in [-0.25, -0.2) is 8.42 Å². The average molecular weight is 373 g/mol. The summed E-state index contributed by atoms with van der Waals surface area (Å²) in [6, 6.07) is 0. The van der Waals surface area contributed by atoms with Crippen molar-refractivity contribution in [2.45, 2.75) is 67.7 Å². The highest BCUT2D eigenvalue weighted by Gasteiger charge is 2.73. The van der Waals surface area contributed by atoms with Crippen LogP contribution in [-0.2, 0) is 19.6 Å². The van der Waals surface area contributed by atoms with E-state index in [0.29, 0.717) is 12.8 Å². The van der Waals surface area contributed by atoms with Crippen LogP contribution in [0.15, 0.2) is 0 Å². The summed E-state index contributed by atoms with van der Waals surface area (Å²) in [5, 5.41) is -5.63. The third-order valence-electron chi connectivity index (χ3n) is 6.09. The van der Waals surface area contributed by atoms with E-state index in [4.69, 9.17) is 9.47 Å². The number of hydrogen-bond donors (Lipinski definition) is 0. The molecule has 5 nitrogen and oxygen atoms in total. The van der Waals surface area contributed by atoms with Gasteiger partial charge in [-0.05, 0) is 37.5 Å². The molecule has 1 heterocycles. The van der Waals surface area contributed by atoms with E-state index in [2.05, 4.69) is 0 Å². The Hall–Kier alpha value is -0.450. The Balaban J connectivity index is 1.60. The molecule has 5 unspecified atom stereocenters. The van der Waals surface area contributed by atoms with E-state index in [9.17, 15) is 30.5 Å². The minimum atomic E-state index is -6.46. The zero-order valence-corrected chi connectivity index (χ0v) is 13.4. The summed E-state index contributed by atoms with van der Waals surface area (Å²) in [6.07, 6.45) is 1.86. The fraction of sp³-hybridized carbons (Fsp3) is 1.00. The number of halogens is 4. The first-order valence-corrected chi connectivity index (χ1v) is 9.46. The Bertz CT molecular complexity index is 646. The second-order valence-electron chi connectivity index (χ2n) is 7.38. The normalized spacial score (nSPS) is 41.3. The van der Waals surface area contributed by atoms with Crippen molar-refractivity contribution in [1.29, 1.82) is 0 Å². The van der Waals surface area contributed by atoms with Gasteiger partial charge in [0.15, 0.2) is 15.9 Å². The first kappa shape index (κ1) is 17.0. The highest BCUT2D eigenvalue weighted by Crippen LogP contribution is 2.63. The molecular formula is C14H17F4O5S-. The van der Waals surface area contributed by atoms with Gasteiger partial charge in [-0.2, -0.15) is 17.6 Å². The Morgan fingerprint density at radius 1 is 1.00 bits per heavy atom. The Kier molecular flexibility index (Phi) is 3.42. The minimum absolute atomic E-state index is 0.223. The van der Waals surface area contributed by atoms with Crippen molar-refractivity contribution in [3.8, 4) is 0 Å². The Morgan fingerprint density at radius 3 is 2.17 bits per heavy atom. The van der Waals surface area contributed by atoms with E-state index >= 15 is 0 Å². The molecule has 2 bridgehead atoms. The molecule has 3 aliphatic carbocycles. The molecule has 3 saturated carbocycles. The number of rotatable bonds is 3. The van der Waals surface area contributed by atoms with Crippen LogP contribution in [-0.4, -0.2) is 42.1 Å². The smallest absolute Gasteiger partial charge is 0.396 e. The SMILES string of the molecule is O=S(=O)([O-])C(F)(F)C(F)(F)C1CC2CC1C1OC3(CCCC3)OC21. The van der Waals surface area contributed by atoms with Crippen LogP contribution < -0.4 is 0 Å². The van der Waals surface area contributed by atoms with Crippen LogP contribution in [0.1, 0.15) is 38.5 Å². The second kappa shape index (κ2) is 4.83. The minimum Gasteiger partial charge on any atom is -0.743 e. The maximum atomic E-state index is 14.3. The first-order valence-electron chi connectivity index (χ1n) is 8.05. The van der Waals surface area contributed by atoms with Gasteiger partial charge >= 0.3 is 11.2 Å². The molecule has 0 aromatic carbocycles. The summed E-state index contributed by atoms with van der Waals surface area (Å²) < 4.78 is 99.5. The molecule has 4 fully saturated rings.